The molecule has 2 atom stereocenters. The highest BCUT2D eigenvalue weighted by molar-refractivity contribution is 6.07. The topological polar surface area (TPSA) is 114 Å². The quantitative estimate of drug-likeness (QED) is 0.494. The second-order valence-electron chi connectivity index (χ2n) is 12.2. The molecule has 0 saturated carbocycles. The number of hydrogen-bond acceptors (Lipinski definition) is 7. The van der Waals surface area contributed by atoms with Crippen molar-refractivity contribution in [1.29, 1.82) is 0 Å². The number of nitrogens with zero attached hydrogens (tertiary/aromatic N) is 5. The lowest BCUT2D eigenvalue weighted by Gasteiger charge is -2.29. The molecule has 0 radical (unpaired) electrons. The summed E-state index contributed by atoms with van der Waals surface area (Å²) in [7, 11) is 0. The van der Waals surface area contributed by atoms with E-state index in [9.17, 15) is 9.59 Å². The molecule has 9 nitrogen and oxygen atoms in total. The summed E-state index contributed by atoms with van der Waals surface area (Å²) in [6.07, 6.45) is 5.56. The van der Waals surface area contributed by atoms with Crippen molar-refractivity contribution in [3.8, 4) is 0 Å². The van der Waals surface area contributed by atoms with E-state index in [1.54, 1.807) is 22.2 Å². The van der Waals surface area contributed by atoms with Gasteiger partial charge < -0.3 is 15.4 Å². The normalized spacial score (nSPS) is 22.3. The number of carbonyl (C=O) groups excluding carboxylic acids is 2. The van der Waals surface area contributed by atoms with E-state index >= 15 is 0 Å². The number of hydrogen-bond donors (Lipinski definition) is 1. The van der Waals surface area contributed by atoms with Crippen LogP contribution in [0.3, 0.4) is 0 Å². The van der Waals surface area contributed by atoms with Crippen LogP contribution in [-0.2, 0) is 40.1 Å². The molecule has 41 heavy (non-hydrogen) atoms. The lowest BCUT2D eigenvalue weighted by Crippen LogP contribution is -2.44. The number of aliphatic imine (C=N–C) groups is 1. The van der Waals surface area contributed by atoms with Crippen molar-refractivity contribution in [3.63, 3.8) is 0 Å². The van der Waals surface area contributed by atoms with Crippen molar-refractivity contribution in [1.82, 2.24) is 19.8 Å². The SMILES string of the molecule is CC(C)(C)c1ccc(CN2C(=O)C(C[C@@H]3CCCO3)(c3ccccc3)N=C2N)cc1C(=O)N1Cc2nccnc2C1. The van der Waals surface area contributed by atoms with E-state index in [4.69, 9.17) is 15.5 Å². The highest BCUT2D eigenvalue weighted by atomic mass is 16.5. The number of amides is 2. The number of rotatable bonds is 6. The molecule has 1 aromatic heterocycles. The number of nitrogens with two attached hydrogens (primary N) is 1. The van der Waals surface area contributed by atoms with Gasteiger partial charge in [0.2, 0.25) is 0 Å². The van der Waals surface area contributed by atoms with Crippen molar-refractivity contribution < 1.29 is 14.3 Å². The van der Waals surface area contributed by atoms with Gasteiger partial charge in [0.1, 0.15) is 0 Å². The van der Waals surface area contributed by atoms with Gasteiger partial charge >= 0.3 is 0 Å². The fourth-order valence-corrected chi connectivity index (χ4v) is 6.17. The predicted octanol–water partition coefficient (Wildman–Crippen LogP) is 4.05. The Bertz CT molecular complexity index is 1480. The molecule has 0 aliphatic carbocycles. The van der Waals surface area contributed by atoms with E-state index < -0.39 is 5.54 Å². The molecular formula is C32H36N6O3. The molecule has 1 unspecified atom stereocenters. The van der Waals surface area contributed by atoms with Crippen LogP contribution in [-0.4, -0.2) is 50.3 Å². The van der Waals surface area contributed by atoms with Crippen LogP contribution in [0.4, 0.5) is 0 Å². The molecule has 3 aliphatic rings. The molecule has 2 aromatic carbocycles. The van der Waals surface area contributed by atoms with E-state index in [1.165, 1.54) is 0 Å². The standard InChI is InChI=1S/C32H36N6O3/c1-31(2,3)25-12-11-21(16-24(25)28(39)37-19-26-27(20-37)35-14-13-34-26)18-38-29(40)32(36-30(38)33,17-23-10-7-15-41-23)22-8-5-4-6-9-22/h4-6,8-9,11-14,16,23H,7,10,15,17-20H2,1-3H3,(H2,33,36)/t23-,32?/m0/s1. The average molecular weight is 553 g/mol. The molecule has 1 fully saturated rings. The predicted molar refractivity (Wildman–Crippen MR) is 155 cm³/mol. The Hall–Kier alpha value is -4.11. The summed E-state index contributed by atoms with van der Waals surface area (Å²) in [6.45, 7) is 8.02. The third-order valence-electron chi connectivity index (χ3n) is 8.27. The molecule has 0 bridgehead atoms. The first-order chi connectivity index (χ1) is 19.7. The van der Waals surface area contributed by atoms with Gasteiger partial charge in [0.15, 0.2) is 11.5 Å². The van der Waals surface area contributed by atoms with Crippen molar-refractivity contribution >= 4 is 17.8 Å². The van der Waals surface area contributed by atoms with Crippen LogP contribution in [0.1, 0.15) is 78.5 Å². The first-order valence-electron chi connectivity index (χ1n) is 14.2. The van der Waals surface area contributed by atoms with Crippen LogP contribution < -0.4 is 5.73 Å². The Labute approximate surface area is 240 Å². The highest BCUT2D eigenvalue weighted by Gasteiger charge is 2.50. The lowest BCUT2D eigenvalue weighted by molar-refractivity contribution is -0.133. The average Bonchev–Trinajstić information content (AvgIpc) is 3.69. The van der Waals surface area contributed by atoms with Crippen LogP contribution >= 0.6 is 0 Å². The summed E-state index contributed by atoms with van der Waals surface area (Å²) in [4.78, 5) is 45.0. The van der Waals surface area contributed by atoms with Gasteiger partial charge in [0, 0.05) is 31.0 Å². The summed E-state index contributed by atoms with van der Waals surface area (Å²) in [6, 6.07) is 15.5. The smallest absolute Gasteiger partial charge is 0.262 e. The van der Waals surface area contributed by atoms with Crippen LogP contribution in [0.2, 0.25) is 0 Å². The van der Waals surface area contributed by atoms with Gasteiger partial charge in [0.25, 0.3) is 11.8 Å². The minimum atomic E-state index is -1.13. The molecule has 1 saturated heterocycles. The van der Waals surface area contributed by atoms with Gasteiger partial charge in [0.05, 0.1) is 37.1 Å². The van der Waals surface area contributed by atoms with E-state index in [2.05, 4.69) is 30.7 Å². The van der Waals surface area contributed by atoms with Gasteiger partial charge in [-0.1, -0.05) is 63.2 Å². The van der Waals surface area contributed by atoms with E-state index in [0.29, 0.717) is 31.7 Å². The Morgan fingerprint density at radius 1 is 1.07 bits per heavy atom. The van der Waals surface area contributed by atoms with Gasteiger partial charge in [-0.3, -0.25) is 24.5 Å². The zero-order valence-electron chi connectivity index (χ0n) is 23.8. The van der Waals surface area contributed by atoms with E-state index in [0.717, 1.165) is 40.9 Å². The molecule has 6 rings (SSSR count). The molecular weight excluding hydrogens is 516 g/mol. The number of fused-ring (bicyclic) bond motifs is 1. The monoisotopic (exact) mass is 552 g/mol. The Kier molecular flexibility index (Phi) is 6.85. The van der Waals surface area contributed by atoms with Crippen LogP contribution in [0.15, 0.2) is 65.9 Å². The van der Waals surface area contributed by atoms with Crippen LogP contribution in [0.25, 0.3) is 0 Å². The van der Waals surface area contributed by atoms with Crippen LogP contribution in [0.5, 0.6) is 0 Å². The van der Waals surface area contributed by atoms with Gasteiger partial charge in [-0.05, 0) is 41.0 Å². The summed E-state index contributed by atoms with van der Waals surface area (Å²) in [5.41, 5.74) is 9.89. The second kappa shape index (κ2) is 10.4. The summed E-state index contributed by atoms with van der Waals surface area (Å²) in [5, 5.41) is 0. The first kappa shape index (κ1) is 27.1. The Balaban J connectivity index is 1.31. The Morgan fingerprint density at radius 2 is 1.78 bits per heavy atom. The van der Waals surface area contributed by atoms with Gasteiger partial charge in [-0.25, -0.2) is 4.99 Å². The van der Waals surface area contributed by atoms with Crippen molar-refractivity contribution in [3.05, 3.63) is 94.6 Å². The molecule has 212 valence electrons. The minimum absolute atomic E-state index is 0.0560. The van der Waals surface area contributed by atoms with Gasteiger partial charge in [-0.2, -0.15) is 0 Å². The maximum atomic E-state index is 14.2. The fraction of sp³-hybridized carbons (Fsp3) is 0.406. The van der Waals surface area contributed by atoms with Crippen molar-refractivity contribution in [2.45, 2.75) is 76.7 Å². The number of benzene rings is 2. The largest absolute Gasteiger partial charge is 0.378 e. The molecule has 2 amide bonds. The van der Waals surface area contributed by atoms with E-state index in [-0.39, 0.29) is 35.8 Å². The summed E-state index contributed by atoms with van der Waals surface area (Å²) >= 11 is 0. The lowest BCUT2D eigenvalue weighted by atomic mass is 9.82. The molecule has 3 aromatic rings. The maximum absolute atomic E-state index is 14.2. The van der Waals surface area contributed by atoms with Crippen molar-refractivity contribution in [2.75, 3.05) is 6.61 Å². The summed E-state index contributed by atoms with van der Waals surface area (Å²) < 4.78 is 5.93. The molecule has 2 N–H and O–H groups in total. The third kappa shape index (κ3) is 4.99. The van der Waals surface area contributed by atoms with Gasteiger partial charge in [-0.15, -0.1) is 0 Å². The van der Waals surface area contributed by atoms with Crippen molar-refractivity contribution in [2.24, 2.45) is 10.7 Å². The summed E-state index contributed by atoms with van der Waals surface area (Å²) in [5.74, 6) is -0.0728. The molecule has 9 heteroatoms. The Morgan fingerprint density at radius 3 is 2.41 bits per heavy atom. The second-order valence-corrected chi connectivity index (χ2v) is 12.2. The van der Waals surface area contributed by atoms with E-state index in [1.807, 2.05) is 48.5 Å². The maximum Gasteiger partial charge on any atom is 0.262 e. The fourth-order valence-electron chi connectivity index (χ4n) is 6.17. The zero-order valence-corrected chi connectivity index (χ0v) is 23.8. The molecule has 0 spiro atoms. The number of guanidine groups is 1. The minimum Gasteiger partial charge on any atom is -0.378 e. The molecule has 4 heterocycles. The third-order valence-corrected chi connectivity index (χ3v) is 8.27. The number of carbonyl (C=O) groups is 2. The molecule has 3 aliphatic heterocycles. The zero-order chi connectivity index (χ0) is 28.8. The highest BCUT2D eigenvalue weighted by Crippen LogP contribution is 2.40. The first-order valence-corrected chi connectivity index (χ1v) is 14.2. The number of ether oxygens (including phenoxy) is 1. The number of aromatic nitrogens is 2. The van der Waals surface area contributed by atoms with Crippen LogP contribution in [0, 0.1) is 0 Å².